The molecule has 2 aromatic rings. The van der Waals surface area contributed by atoms with Gasteiger partial charge >= 0.3 is 0 Å². The summed E-state index contributed by atoms with van der Waals surface area (Å²) in [6.07, 6.45) is 1.48. The maximum absolute atomic E-state index is 12.1. The molecule has 0 bridgehead atoms. The fourth-order valence-electron chi connectivity index (χ4n) is 1.61. The van der Waals surface area contributed by atoms with Crippen LogP contribution in [-0.2, 0) is 0 Å². The van der Waals surface area contributed by atoms with Crippen molar-refractivity contribution in [2.75, 3.05) is 12.4 Å². The molecular formula is C14H13ClN2O2. The molecule has 98 valence electrons. The Hall–Kier alpha value is -2.07. The van der Waals surface area contributed by atoms with Gasteiger partial charge in [-0.2, -0.15) is 0 Å². The van der Waals surface area contributed by atoms with Crippen LogP contribution < -0.4 is 10.1 Å². The van der Waals surface area contributed by atoms with E-state index in [4.69, 9.17) is 16.3 Å². The van der Waals surface area contributed by atoms with Crippen molar-refractivity contribution in [1.29, 1.82) is 0 Å². The Labute approximate surface area is 116 Å². The highest BCUT2D eigenvalue weighted by molar-refractivity contribution is 6.30. The minimum Gasteiger partial charge on any atom is -0.497 e. The molecule has 1 aromatic carbocycles. The second-order valence-electron chi connectivity index (χ2n) is 4.00. The predicted octanol–water partition coefficient (Wildman–Crippen LogP) is 3.30. The van der Waals surface area contributed by atoms with Gasteiger partial charge in [-0.25, -0.2) is 4.98 Å². The molecule has 0 radical (unpaired) electrons. The van der Waals surface area contributed by atoms with Crippen molar-refractivity contribution in [2.45, 2.75) is 6.92 Å². The van der Waals surface area contributed by atoms with Crippen molar-refractivity contribution in [3.63, 3.8) is 0 Å². The number of aryl methyl sites for hydroxylation is 1. The maximum atomic E-state index is 12.1. The number of ether oxygens (including phenoxy) is 1. The lowest BCUT2D eigenvalue weighted by Crippen LogP contribution is -2.14. The number of nitrogens with one attached hydrogen (secondary N) is 1. The number of anilines is 1. The van der Waals surface area contributed by atoms with E-state index >= 15 is 0 Å². The molecule has 0 saturated carbocycles. The Morgan fingerprint density at radius 1 is 1.32 bits per heavy atom. The molecule has 1 amide bonds. The number of carbonyl (C=O) groups excluding carboxylic acids is 1. The van der Waals surface area contributed by atoms with Crippen molar-refractivity contribution in [2.24, 2.45) is 0 Å². The summed E-state index contributed by atoms with van der Waals surface area (Å²) in [5.74, 6) is 0.864. The molecule has 0 aliphatic heterocycles. The van der Waals surface area contributed by atoms with Crippen LogP contribution in [0.25, 0.3) is 0 Å². The van der Waals surface area contributed by atoms with Gasteiger partial charge in [0.2, 0.25) is 0 Å². The summed E-state index contributed by atoms with van der Waals surface area (Å²) >= 11 is 5.74. The summed E-state index contributed by atoms with van der Waals surface area (Å²) in [4.78, 5) is 16.2. The SMILES string of the molecule is COc1ccc(C)c(C(=O)Nc2ccc(Cl)cn2)c1. The molecular weight excluding hydrogens is 264 g/mol. The summed E-state index contributed by atoms with van der Waals surface area (Å²) in [6.45, 7) is 1.86. The molecule has 5 heteroatoms. The molecule has 0 aliphatic rings. The van der Waals surface area contributed by atoms with E-state index in [1.807, 2.05) is 19.1 Å². The van der Waals surface area contributed by atoms with Crippen LogP contribution >= 0.6 is 11.6 Å². The number of halogens is 1. The summed E-state index contributed by atoms with van der Waals surface area (Å²) in [5.41, 5.74) is 1.42. The Bertz CT molecular complexity index is 597. The highest BCUT2D eigenvalue weighted by Crippen LogP contribution is 2.18. The first-order chi connectivity index (χ1) is 9.10. The Morgan fingerprint density at radius 3 is 2.74 bits per heavy atom. The van der Waals surface area contributed by atoms with Gasteiger partial charge in [-0.05, 0) is 36.8 Å². The minimum atomic E-state index is -0.230. The molecule has 0 spiro atoms. The number of rotatable bonds is 3. The molecule has 0 saturated heterocycles. The van der Waals surface area contributed by atoms with Crippen LogP contribution in [0.4, 0.5) is 5.82 Å². The van der Waals surface area contributed by atoms with E-state index in [2.05, 4.69) is 10.3 Å². The molecule has 2 rings (SSSR count). The van der Waals surface area contributed by atoms with E-state index in [0.29, 0.717) is 22.2 Å². The number of hydrogen-bond donors (Lipinski definition) is 1. The predicted molar refractivity (Wildman–Crippen MR) is 74.9 cm³/mol. The number of methoxy groups -OCH3 is 1. The van der Waals surface area contributed by atoms with Crippen molar-refractivity contribution >= 4 is 23.3 Å². The zero-order chi connectivity index (χ0) is 13.8. The lowest BCUT2D eigenvalue weighted by Gasteiger charge is -2.09. The van der Waals surface area contributed by atoms with E-state index in [9.17, 15) is 4.79 Å². The fourth-order valence-corrected chi connectivity index (χ4v) is 1.72. The second kappa shape index (κ2) is 5.71. The molecule has 0 unspecified atom stereocenters. The standard InChI is InChI=1S/C14H13ClN2O2/c1-9-3-5-11(19-2)7-12(9)14(18)17-13-6-4-10(15)8-16-13/h3-8H,1-2H3,(H,16,17,18). The zero-order valence-corrected chi connectivity index (χ0v) is 11.4. The number of benzene rings is 1. The highest BCUT2D eigenvalue weighted by Gasteiger charge is 2.11. The van der Waals surface area contributed by atoms with E-state index in [0.717, 1.165) is 5.56 Å². The van der Waals surface area contributed by atoms with E-state index < -0.39 is 0 Å². The summed E-state index contributed by atoms with van der Waals surface area (Å²) in [5, 5.41) is 3.24. The van der Waals surface area contributed by atoms with Crippen molar-refractivity contribution in [3.8, 4) is 5.75 Å². The van der Waals surface area contributed by atoms with Crippen LogP contribution in [-0.4, -0.2) is 18.0 Å². The van der Waals surface area contributed by atoms with Crippen molar-refractivity contribution in [3.05, 3.63) is 52.7 Å². The van der Waals surface area contributed by atoms with E-state index in [1.54, 1.807) is 25.3 Å². The van der Waals surface area contributed by atoms with Crippen LogP contribution in [0.15, 0.2) is 36.5 Å². The normalized spacial score (nSPS) is 10.1. The lowest BCUT2D eigenvalue weighted by molar-refractivity contribution is 0.102. The third kappa shape index (κ3) is 3.23. The molecule has 0 atom stereocenters. The van der Waals surface area contributed by atoms with E-state index in [-0.39, 0.29) is 5.91 Å². The van der Waals surface area contributed by atoms with Gasteiger partial charge in [0.25, 0.3) is 5.91 Å². The molecule has 0 fully saturated rings. The minimum absolute atomic E-state index is 0.230. The fraction of sp³-hybridized carbons (Fsp3) is 0.143. The number of amides is 1. The molecule has 4 nitrogen and oxygen atoms in total. The monoisotopic (exact) mass is 276 g/mol. The smallest absolute Gasteiger partial charge is 0.257 e. The topological polar surface area (TPSA) is 51.2 Å². The van der Waals surface area contributed by atoms with E-state index in [1.165, 1.54) is 6.20 Å². The quantitative estimate of drug-likeness (QED) is 0.936. The maximum Gasteiger partial charge on any atom is 0.257 e. The van der Waals surface area contributed by atoms with Crippen LogP contribution in [0.2, 0.25) is 5.02 Å². The van der Waals surface area contributed by atoms with Crippen LogP contribution in [0.3, 0.4) is 0 Å². The molecule has 1 aromatic heterocycles. The van der Waals surface area contributed by atoms with Gasteiger partial charge in [0.05, 0.1) is 12.1 Å². The van der Waals surface area contributed by atoms with Gasteiger partial charge < -0.3 is 10.1 Å². The zero-order valence-electron chi connectivity index (χ0n) is 10.6. The van der Waals surface area contributed by atoms with Crippen LogP contribution in [0, 0.1) is 6.92 Å². The van der Waals surface area contributed by atoms with Gasteiger partial charge in [0.15, 0.2) is 0 Å². The Morgan fingerprint density at radius 2 is 2.11 bits per heavy atom. The number of hydrogen-bond acceptors (Lipinski definition) is 3. The van der Waals surface area contributed by atoms with Crippen LogP contribution in [0.1, 0.15) is 15.9 Å². The first-order valence-electron chi connectivity index (χ1n) is 5.67. The first-order valence-corrected chi connectivity index (χ1v) is 6.05. The lowest BCUT2D eigenvalue weighted by atomic mass is 10.1. The summed E-state index contributed by atoms with van der Waals surface area (Å²) < 4.78 is 5.11. The molecule has 1 heterocycles. The second-order valence-corrected chi connectivity index (χ2v) is 4.43. The molecule has 0 aliphatic carbocycles. The van der Waals surface area contributed by atoms with Gasteiger partial charge in [-0.1, -0.05) is 17.7 Å². The molecule has 1 N–H and O–H groups in total. The van der Waals surface area contributed by atoms with Gasteiger partial charge in [0, 0.05) is 11.8 Å². The number of carbonyl (C=O) groups is 1. The molecule has 19 heavy (non-hydrogen) atoms. The Balaban J connectivity index is 2.22. The average Bonchev–Trinajstić information content (AvgIpc) is 2.42. The highest BCUT2D eigenvalue weighted by atomic mass is 35.5. The first kappa shape index (κ1) is 13.4. The van der Waals surface area contributed by atoms with Gasteiger partial charge in [0.1, 0.15) is 11.6 Å². The van der Waals surface area contributed by atoms with Gasteiger partial charge in [-0.15, -0.1) is 0 Å². The van der Waals surface area contributed by atoms with Crippen molar-refractivity contribution in [1.82, 2.24) is 4.98 Å². The van der Waals surface area contributed by atoms with Crippen molar-refractivity contribution < 1.29 is 9.53 Å². The third-order valence-electron chi connectivity index (χ3n) is 2.66. The third-order valence-corrected chi connectivity index (χ3v) is 2.88. The Kier molecular flexibility index (Phi) is 4.02. The number of nitrogens with zero attached hydrogens (tertiary/aromatic N) is 1. The van der Waals surface area contributed by atoms with Crippen LogP contribution in [0.5, 0.6) is 5.75 Å². The summed E-state index contributed by atoms with van der Waals surface area (Å²) in [7, 11) is 1.56. The number of aromatic nitrogens is 1. The van der Waals surface area contributed by atoms with Gasteiger partial charge in [-0.3, -0.25) is 4.79 Å². The summed E-state index contributed by atoms with van der Waals surface area (Å²) in [6, 6.07) is 8.66. The average molecular weight is 277 g/mol. The number of pyridine rings is 1. The largest absolute Gasteiger partial charge is 0.497 e.